The lowest BCUT2D eigenvalue weighted by atomic mass is 9.95. The van der Waals surface area contributed by atoms with Gasteiger partial charge in [-0.1, -0.05) is 29.4 Å². The van der Waals surface area contributed by atoms with Gasteiger partial charge in [0.25, 0.3) is 5.78 Å². The zero-order valence-electron chi connectivity index (χ0n) is 17.2. The minimum Gasteiger partial charge on any atom is -0.507 e. The molecule has 1 aromatic heterocycles. The molecule has 1 amide bonds. The number of aryl methyl sites for hydroxylation is 1. The van der Waals surface area contributed by atoms with Crippen LogP contribution in [0, 0.1) is 6.92 Å². The number of methoxy groups -OCH3 is 2. The van der Waals surface area contributed by atoms with Crippen LogP contribution in [0.4, 0.5) is 5.82 Å². The van der Waals surface area contributed by atoms with Gasteiger partial charge in [0.05, 0.1) is 25.8 Å². The summed E-state index contributed by atoms with van der Waals surface area (Å²) in [4.78, 5) is 27.3. The number of nitrogens with zero attached hydrogens (tertiary/aromatic N) is 2. The van der Waals surface area contributed by atoms with Crippen molar-refractivity contribution in [3.05, 3.63) is 77.1 Å². The average molecular weight is 420 g/mol. The Morgan fingerprint density at radius 3 is 2.35 bits per heavy atom. The first-order valence-corrected chi connectivity index (χ1v) is 9.47. The van der Waals surface area contributed by atoms with Crippen molar-refractivity contribution in [2.75, 3.05) is 19.1 Å². The first-order chi connectivity index (χ1) is 14.9. The number of benzene rings is 2. The molecule has 2 aromatic carbocycles. The molecule has 8 nitrogen and oxygen atoms in total. The van der Waals surface area contributed by atoms with E-state index in [4.69, 9.17) is 14.0 Å². The van der Waals surface area contributed by atoms with E-state index in [0.29, 0.717) is 28.4 Å². The zero-order chi connectivity index (χ0) is 22.1. The van der Waals surface area contributed by atoms with Crippen LogP contribution < -0.4 is 14.4 Å². The summed E-state index contributed by atoms with van der Waals surface area (Å²) in [6.45, 7) is 1.69. The fourth-order valence-electron chi connectivity index (χ4n) is 3.56. The Balaban J connectivity index is 1.92. The van der Waals surface area contributed by atoms with Crippen molar-refractivity contribution in [1.29, 1.82) is 0 Å². The number of ether oxygens (including phenoxy) is 2. The molecule has 8 heteroatoms. The molecular formula is C23H20N2O6. The second-order valence-electron chi connectivity index (χ2n) is 6.97. The Kier molecular flexibility index (Phi) is 5.21. The van der Waals surface area contributed by atoms with E-state index in [0.717, 1.165) is 0 Å². The molecule has 1 fully saturated rings. The van der Waals surface area contributed by atoms with E-state index in [1.807, 2.05) is 0 Å². The smallest absolute Gasteiger partial charge is 0.301 e. The molecule has 0 saturated carbocycles. The minimum atomic E-state index is -0.901. The minimum absolute atomic E-state index is 0.0518. The number of hydrogen-bond donors (Lipinski definition) is 1. The monoisotopic (exact) mass is 420 g/mol. The number of ketones is 1. The lowest BCUT2D eigenvalue weighted by molar-refractivity contribution is -0.132. The van der Waals surface area contributed by atoms with E-state index in [9.17, 15) is 14.7 Å². The first-order valence-electron chi connectivity index (χ1n) is 9.47. The second-order valence-corrected chi connectivity index (χ2v) is 6.97. The molecule has 4 rings (SSSR count). The molecule has 0 aliphatic carbocycles. The van der Waals surface area contributed by atoms with Crippen LogP contribution in [0.3, 0.4) is 0 Å². The number of amides is 1. The van der Waals surface area contributed by atoms with Crippen molar-refractivity contribution in [2.45, 2.75) is 13.0 Å². The predicted octanol–water partition coefficient (Wildman–Crippen LogP) is 3.63. The first kappa shape index (κ1) is 20.2. The Labute approximate surface area is 178 Å². The normalized spacial score (nSPS) is 17.8. The second kappa shape index (κ2) is 7.98. The maximum absolute atomic E-state index is 13.0. The van der Waals surface area contributed by atoms with E-state index in [1.165, 1.54) is 12.0 Å². The lowest BCUT2D eigenvalue weighted by Crippen LogP contribution is -2.29. The van der Waals surface area contributed by atoms with Crippen molar-refractivity contribution in [1.82, 2.24) is 5.16 Å². The van der Waals surface area contributed by atoms with E-state index in [-0.39, 0.29) is 17.2 Å². The van der Waals surface area contributed by atoms with Crippen LogP contribution in [0.1, 0.15) is 22.9 Å². The highest BCUT2D eigenvalue weighted by atomic mass is 16.5. The number of anilines is 1. The summed E-state index contributed by atoms with van der Waals surface area (Å²) < 4.78 is 15.5. The zero-order valence-corrected chi connectivity index (χ0v) is 17.2. The summed E-state index contributed by atoms with van der Waals surface area (Å²) in [6, 6.07) is 14.2. The fraction of sp³-hybridized carbons (Fsp3) is 0.174. The van der Waals surface area contributed by atoms with Gasteiger partial charge in [-0.05, 0) is 36.8 Å². The standard InChI is InChI=1S/C23H20N2O6/c1-13-11-18(24-31-13)25-20(14-7-9-16(29-2)10-8-14)19(22(27)23(25)28)21(26)15-5-4-6-17(12-15)30-3/h4-12,20,26H,1-3H3/b21-19+/t20-/m1/s1. The highest BCUT2D eigenvalue weighted by Gasteiger charge is 2.48. The van der Waals surface area contributed by atoms with Crippen LogP contribution >= 0.6 is 0 Å². The molecule has 2 heterocycles. The Morgan fingerprint density at radius 1 is 1.03 bits per heavy atom. The topological polar surface area (TPSA) is 102 Å². The van der Waals surface area contributed by atoms with Gasteiger partial charge in [-0.15, -0.1) is 0 Å². The summed E-state index contributed by atoms with van der Waals surface area (Å²) in [6.07, 6.45) is 0. The number of aliphatic hydroxyl groups excluding tert-OH is 1. The van der Waals surface area contributed by atoms with E-state index >= 15 is 0 Å². The Hall–Kier alpha value is -4.07. The SMILES string of the molecule is COc1ccc([C@@H]2/C(=C(\O)c3cccc(OC)c3)C(=O)C(=O)N2c2cc(C)on2)cc1. The highest BCUT2D eigenvalue weighted by Crippen LogP contribution is 2.42. The van der Waals surface area contributed by atoms with Gasteiger partial charge in [0, 0.05) is 11.6 Å². The number of aliphatic hydroxyl groups is 1. The van der Waals surface area contributed by atoms with Crippen LogP contribution in [-0.2, 0) is 9.59 Å². The van der Waals surface area contributed by atoms with Gasteiger partial charge in [0.15, 0.2) is 5.82 Å². The molecule has 0 bridgehead atoms. The van der Waals surface area contributed by atoms with Crippen LogP contribution in [0.2, 0.25) is 0 Å². The van der Waals surface area contributed by atoms with Gasteiger partial charge < -0.3 is 19.1 Å². The van der Waals surface area contributed by atoms with E-state index < -0.39 is 17.7 Å². The van der Waals surface area contributed by atoms with Gasteiger partial charge in [0.2, 0.25) is 0 Å². The third kappa shape index (κ3) is 3.52. The molecule has 0 radical (unpaired) electrons. The van der Waals surface area contributed by atoms with Crippen LogP contribution in [0.25, 0.3) is 5.76 Å². The number of carbonyl (C=O) groups excluding carboxylic acids is 2. The van der Waals surface area contributed by atoms with E-state index in [1.54, 1.807) is 68.6 Å². The van der Waals surface area contributed by atoms with Crippen molar-refractivity contribution in [2.24, 2.45) is 0 Å². The van der Waals surface area contributed by atoms with Crippen molar-refractivity contribution >= 4 is 23.3 Å². The third-order valence-corrected chi connectivity index (χ3v) is 5.08. The lowest BCUT2D eigenvalue weighted by Gasteiger charge is -2.23. The van der Waals surface area contributed by atoms with Gasteiger partial charge in [0.1, 0.15) is 23.0 Å². The van der Waals surface area contributed by atoms with Crippen molar-refractivity contribution in [3.8, 4) is 11.5 Å². The molecule has 1 aliphatic rings. The van der Waals surface area contributed by atoms with Crippen LogP contribution in [0.15, 0.2) is 64.7 Å². The number of carbonyl (C=O) groups is 2. The van der Waals surface area contributed by atoms with Crippen LogP contribution in [0.5, 0.6) is 11.5 Å². The summed E-state index contributed by atoms with van der Waals surface area (Å²) in [5.74, 6) is -0.137. The van der Waals surface area contributed by atoms with Crippen LogP contribution in [-0.4, -0.2) is 36.2 Å². The molecule has 31 heavy (non-hydrogen) atoms. The highest BCUT2D eigenvalue weighted by molar-refractivity contribution is 6.51. The maximum atomic E-state index is 13.0. The summed E-state index contributed by atoms with van der Waals surface area (Å²) in [5.41, 5.74) is 0.904. The maximum Gasteiger partial charge on any atom is 0.301 e. The molecule has 1 atom stereocenters. The van der Waals surface area contributed by atoms with Gasteiger partial charge in [-0.25, -0.2) is 0 Å². The Morgan fingerprint density at radius 2 is 1.74 bits per heavy atom. The number of rotatable bonds is 5. The number of aromatic nitrogens is 1. The summed E-state index contributed by atoms with van der Waals surface area (Å²) in [7, 11) is 3.05. The average Bonchev–Trinajstić information content (AvgIpc) is 3.34. The predicted molar refractivity (Wildman–Crippen MR) is 112 cm³/mol. The fourth-order valence-corrected chi connectivity index (χ4v) is 3.56. The molecular weight excluding hydrogens is 400 g/mol. The Bertz CT molecular complexity index is 1180. The van der Waals surface area contributed by atoms with E-state index in [2.05, 4.69) is 5.16 Å². The molecule has 0 spiro atoms. The molecule has 1 aliphatic heterocycles. The van der Waals surface area contributed by atoms with Crippen molar-refractivity contribution < 1.29 is 28.7 Å². The van der Waals surface area contributed by atoms with Crippen molar-refractivity contribution in [3.63, 3.8) is 0 Å². The largest absolute Gasteiger partial charge is 0.507 e. The summed E-state index contributed by atoms with van der Waals surface area (Å²) >= 11 is 0. The molecule has 0 unspecified atom stereocenters. The molecule has 158 valence electrons. The number of hydrogen-bond acceptors (Lipinski definition) is 7. The summed E-state index contributed by atoms with van der Waals surface area (Å²) in [5, 5.41) is 15.0. The molecule has 1 N–H and O–H groups in total. The van der Waals surface area contributed by atoms with Gasteiger partial charge in [-0.3, -0.25) is 14.5 Å². The molecule has 1 saturated heterocycles. The quantitative estimate of drug-likeness (QED) is 0.382. The van der Waals surface area contributed by atoms with Gasteiger partial charge >= 0.3 is 5.91 Å². The molecule has 3 aromatic rings. The third-order valence-electron chi connectivity index (χ3n) is 5.08. The van der Waals surface area contributed by atoms with Gasteiger partial charge in [-0.2, -0.15) is 0 Å². The number of Topliss-reactive ketones (excluding diaryl/α,β-unsaturated/α-hetero) is 1.